The zero-order valence-corrected chi connectivity index (χ0v) is 18.2. The Morgan fingerprint density at radius 1 is 0.545 bits per heavy atom. The average molecular weight is 317 g/mol. The summed E-state index contributed by atoms with van der Waals surface area (Å²) in [6, 6.07) is 0. The Balaban J connectivity index is -0.000000107. The molecule has 0 saturated heterocycles. The summed E-state index contributed by atoms with van der Waals surface area (Å²) < 4.78 is 0. The number of hydrogen-bond acceptors (Lipinski definition) is 0. The smallest absolute Gasteiger partial charge is 0.0443 e. The minimum Gasteiger partial charge on any atom is -0.0683 e. The zero-order chi connectivity index (χ0) is 18.2. The van der Waals surface area contributed by atoms with Crippen LogP contribution in [0.15, 0.2) is 0 Å². The molecule has 0 aliphatic heterocycles. The Labute approximate surface area is 145 Å². The predicted molar refractivity (Wildman–Crippen MR) is 110 cm³/mol. The Hall–Kier alpha value is 0. The van der Waals surface area contributed by atoms with Crippen molar-refractivity contribution in [1.82, 2.24) is 0 Å². The van der Waals surface area contributed by atoms with E-state index in [2.05, 4.69) is 55.4 Å². The van der Waals surface area contributed by atoms with Gasteiger partial charge in [0.2, 0.25) is 0 Å². The third kappa shape index (κ3) is 50.1. The van der Waals surface area contributed by atoms with Crippen LogP contribution in [0.2, 0.25) is 0 Å². The first kappa shape index (κ1) is 29.9. The van der Waals surface area contributed by atoms with E-state index < -0.39 is 0 Å². The zero-order valence-electron chi connectivity index (χ0n) is 18.2. The molecule has 0 saturated carbocycles. The molecule has 0 aromatic rings. The van der Waals surface area contributed by atoms with Crippen LogP contribution in [0, 0.1) is 11.8 Å². The molecule has 140 valence electrons. The minimum absolute atomic E-state index is 0.884. The van der Waals surface area contributed by atoms with Crippen LogP contribution in [0.25, 0.3) is 0 Å². The summed E-state index contributed by atoms with van der Waals surface area (Å²) in [5, 5.41) is 0. The van der Waals surface area contributed by atoms with E-state index in [1.807, 2.05) is 13.8 Å². The van der Waals surface area contributed by atoms with Crippen molar-refractivity contribution in [3.8, 4) is 0 Å². The van der Waals surface area contributed by atoms with Crippen LogP contribution in [-0.4, -0.2) is 0 Å². The van der Waals surface area contributed by atoms with Gasteiger partial charge in [-0.3, -0.25) is 0 Å². The molecule has 0 atom stereocenters. The topological polar surface area (TPSA) is 0 Å². The second kappa shape index (κ2) is 32.8. The van der Waals surface area contributed by atoms with E-state index in [1.54, 1.807) is 0 Å². The van der Waals surface area contributed by atoms with Crippen molar-refractivity contribution in [3.05, 3.63) is 0 Å². The maximum atomic E-state index is 2.34. The highest BCUT2D eigenvalue weighted by atomic mass is 14.0. The van der Waals surface area contributed by atoms with Gasteiger partial charge in [-0.05, 0) is 11.8 Å². The molecule has 0 aliphatic rings. The van der Waals surface area contributed by atoms with Crippen molar-refractivity contribution in [3.63, 3.8) is 0 Å². The Bertz CT molecular complexity index is 116. The van der Waals surface area contributed by atoms with Crippen molar-refractivity contribution in [2.24, 2.45) is 11.8 Å². The first-order valence-electron chi connectivity index (χ1n) is 10.5. The fourth-order valence-corrected chi connectivity index (χ4v) is 1.81. The molecule has 0 spiro atoms. The summed E-state index contributed by atoms with van der Waals surface area (Å²) in [4.78, 5) is 0. The Morgan fingerprint density at radius 3 is 1.05 bits per heavy atom. The highest BCUT2D eigenvalue weighted by Crippen LogP contribution is 2.10. The molecule has 0 unspecified atom stereocenters. The van der Waals surface area contributed by atoms with Crippen LogP contribution in [-0.2, 0) is 0 Å². The lowest BCUT2D eigenvalue weighted by atomic mass is 10.0. The quantitative estimate of drug-likeness (QED) is 0.372. The molecule has 0 heteroatoms. The van der Waals surface area contributed by atoms with Gasteiger partial charge in [0.05, 0.1) is 0 Å². The molecule has 0 heterocycles. The molecule has 0 nitrogen and oxygen atoms in total. The van der Waals surface area contributed by atoms with E-state index in [4.69, 9.17) is 0 Å². The molecule has 0 radical (unpaired) electrons. The van der Waals surface area contributed by atoms with E-state index in [1.165, 1.54) is 64.2 Å². The van der Waals surface area contributed by atoms with E-state index in [0.717, 1.165) is 11.8 Å². The molecule has 0 N–H and O–H groups in total. The fourth-order valence-electron chi connectivity index (χ4n) is 1.81. The summed E-state index contributed by atoms with van der Waals surface area (Å²) in [5.41, 5.74) is 0. The molecule has 0 bridgehead atoms. The van der Waals surface area contributed by atoms with E-state index in [-0.39, 0.29) is 0 Å². The molecular weight excluding hydrogens is 264 g/mol. The van der Waals surface area contributed by atoms with E-state index in [0.29, 0.717) is 0 Å². The molecule has 0 rings (SSSR count). The second-order valence-electron chi connectivity index (χ2n) is 6.55. The van der Waals surface area contributed by atoms with Gasteiger partial charge in [-0.25, -0.2) is 0 Å². The second-order valence-corrected chi connectivity index (χ2v) is 6.55. The van der Waals surface area contributed by atoms with Gasteiger partial charge in [-0.15, -0.1) is 0 Å². The van der Waals surface area contributed by atoms with Crippen molar-refractivity contribution < 1.29 is 0 Å². The maximum Gasteiger partial charge on any atom is -0.0443 e. The summed E-state index contributed by atoms with van der Waals surface area (Å²) in [6.07, 6.45) is 13.8. The largest absolute Gasteiger partial charge is 0.0683 e. The molecule has 0 amide bonds. The summed E-state index contributed by atoms with van der Waals surface area (Å²) >= 11 is 0. The molecule has 0 fully saturated rings. The van der Waals surface area contributed by atoms with Crippen LogP contribution >= 0.6 is 0 Å². The van der Waals surface area contributed by atoms with Crippen LogP contribution < -0.4 is 0 Å². The standard InChI is InChI=1S/C8H18.C7H16.C5H12.C2H6/c1-4-6-8(3)7-5-2;1-3-5-7-6-4-2;1-4-5(2)3;1-2/h8H,4-7H2,1-3H3;3-7H2,1-2H3;5H,4H2,1-3H3;1-2H3. The van der Waals surface area contributed by atoms with Gasteiger partial charge >= 0.3 is 0 Å². The van der Waals surface area contributed by atoms with Gasteiger partial charge < -0.3 is 0 Å². The summed E-state index contributed by atoms with van der Waals surface area (Å²) in [5.74, 6) is 1.85. The van der Waals surface area contributed by atoms with Crippen LogP contribution in [0.3, 0.4) is 0 Å². The number of hydrogen-bond donors (Lipinski definition) is 0. The molecule has 22 heavy (non-hydrogen) atoms. The minimum atomic E-state index is 0.884. The molecule has 0 aromatic carbocycles. The van der Waals surface area contributed by atoms with Crippen LogP contribution in [0.1, 0.15) is 133 Å². The maximum absolute atomic E-state index is 2.34. The first-order valence-corrected chi connectivity index (χ1v) is 10.5. The summed E-state index contributed by atoms with van der Waals surface area (Å²) in [7, 11) is 0. The van der Waals surface area contributed by atoms with Gasteiger partial charge in [0.25, 0.3) is 0 Å². The van der Waals surface area contributed by atoms with Gasteiger partial charge in [-0.2, -0.15) is 0 Å². The summed E-state index contributed by atoms with van der Waals surface area (Å²) in [6.45, 7) is 22.0. The lowest BCUT2D eigenvalue weighted by Crippen LogP contribution is -1.91. The molecule has 0 aromatic heterocycles. The van der Waals surface area contributed by atoms with Crippen molar-refractivity contribution in [2.45, 2.75) is 133 Å². The van der Waals surface area contributed by atoms with E-state index >= 15 is 0 Å². The van der Waals surface area contributed by atoms with Crippen LogP contribution in [0.4, 0.5) is 0 Å². The SMILES string of the molecule is CC.CCC(C)C.CCCC(C)CCC.CCCCCCC. The molecule has 0 aliphatic carbocycles. The lowest BCUT2D eigenvalue weighted by molar-refractivity contribution is 0.480. The van der Waals surface area contributed by atoms with Crippen molar-refractivity contribution in [2.75, 3.05) is 0 Å². The predicted octanol–water partition coefficient (Wildman–Crippen LogP) is 9.28. The van der Waals surface area contributed by atoms with Crippen LogP contribution in [0.5, 0.6) is 0 Å². The third-order valence-electron chi connectivity index (χ3n) is 3.59. The first-order chi connectivity index (χ1) is 10.5. The fraction of sp³-hybridized carbons (Fsp3) is 1.00. The average Bonchev–Trinajstić information content (AvgIpc) is 2.51. The Morgan fingerprint density at radius 2 is 0.864 bits per heavy atom. The number of rotatable bonds is 9. The molecular formula is C22H52. The highest BCUT2D eigenvalue weighted by molar-refractivity contribution is 4.48. The lowest BCUT2D eigenvalue weighted by Gasteiger charge is -2.05. The third-order valence-corrected chi connectivity index (χ3v) is 3.59. The van der Waals surface area contributed by atoms with Crippen molar-refractivity contribution >= 4 is 0 Å². The Kier molecular flexibility index (Phi) is 44.7. The highest BCUT2D eigenvalue weighted by Gasteiger charge is 1.95. The number of unbranched alkanes of at least 4 members (excludes halogenated alkanes) is 4. The van der Waals surface area contributed by atoms with E-state index in [9.17, 15) is 0 Å². The van der Waals surface area contributed by atoms with Gasteiger partial charge in [0.15, 0.2) is 0 Å². The van der Waals surface area contributed by atoms with Crippen molar-refractivity contribution in [1.29, 1.82) is 0 Å². The normalized spacial score (nSPS) is 9.27. The van der Waals surface area contributed by atoms with Gasteiger partial charge in [0, 0.05) is 0 Å². The van der Waals surface area contributed by atoms with Gasteiger partial charge in [-0.1, -0.05) is 133 Å². The van der Waals surface area contributed by atoms with Gasteiger partial charge in [0.1, 0.15) is 0 Å². The monoisotopic (exact) mass is 316 g/mol.